The first kappa shape index (κ1) is 14.5. The molecule has 1 saturated carbocycles. The maximum atomic E-state index is 12.3. The molecule has 4 nitrogen and oxygen atoms in total. The molecular weight excluding hydrogens is 262 g/mol. The maximum Gasteiger partial charge on any atom is 0.240 e. The fraction of sp³-hybridized carbons (Fsp3) is 0.571. The third-order valence-corrected chi connectivity index (χ3v) is 5.28. The normalized spacial score (nSPS) is 16.3. The Morgan fingerprint density at radius 2 is 2.11 bits per heavy atom. The largest absolute Gasteiger partial charge is 0.392 e. The van der Waals surface area contributed by atoms with Gasteiger partial charge in [0.1, 0.15) is 0 Å². The Bertz CT molecular complexity index is 536. The first-order valence-corrected chi connectivity index (χ1v) is 8.27. The highest BCUT2D eigenvalue weighted by Gasteiger charge is 2.23. The summed E-state index contributed by atoms with van der Waals surface area (Å²) in [5.74, 6) is 0.487. The SMILES string of the molecule is CCc1ccc(CO)cc1S(=O)(=O)NCC1CCC1. The van der Waals surface area contributed by atoms with E-state index in [4.69, 9.17) is 5.11 Å². The lowest BCUT2D eigenvalue weighted by Crippen LogP contribution is -2.32. The van der Waals surface area contributed by atoms with Crippen LogP contribution in [0.1, 0.15) is 37.3 Å². The van der Waals surface area contributed by atoms with E-state index in [0.717, 1.165) is 18.4 Å². The molecule has 2 N–H and O–H groups in total. The third kappa shape index (κ3) is 3.35. The molecule has 1 fully saturated rings. The number of aliphatic hydroxyl groups excluding tert-OH is 1. The van der Waals surface area contributed by atoms with Gasteiger partial charge in [0.05, 0.1) is 11.5 Å². The lowest BCUT2D eigenvalue weighted by Gasteiger charge is -2.25. The Kier molecular flexibility index (Phi) is 4.60. The highest BCUT2D eigenvalue weighted by Crippen LogP contribution is 2.26. The lowest BCUT2D eigenvalue weighted by molar-refractivity contribution is 0.281. The van der Waals surface area contributed by atoms with Crippen LogP contribution in [0.3, 0.4) is 0 Å². The standard InChI is InChI=1S/C14H21NO3S/c1-2-13-7-6-12(10-16)8-14(13)19(17,18)15-9-11-4-3-5-11/h6-8,11,15-16H,2-5,9-10H2,1H3. The molecule has 0 aliphatic heterocycles. The summed E-state index contributed by atoms with van der Waals surface area (Å²) in [5.41, 5.74) is 1.42. The number of benzene rings is 1. The zero-order valence-electron chi connectivity index (χ0n) is 11.2. The van der Waals surface area contributed by atoms with Crippen molar-refractivity contribution in [2.24, 2.45) is 5.92 Å². The average Bonchev–Trinajstić information content (AvgIpc) is 2.36. The minimum absolute atomic E-state index is 0.144. The summed E-state index contributed by atoms with van der Waals surface area (Å²) in [5, 5.41) is 9.14. The van der Waals surface area contributed by atoms with Crippen LogP contribution in [0.25, 0.3) is 0 Å². The van der Waals surface area contributed by atoms with E-state index in [1.54, 1.807) is 18.2 Å². The van der Waals surface area contributed by atoms with Crippen LogP contribution >= 0.6 is 0 Å². The van der Waals surface area contributed by atoms with Crippen molar-refractivity contribution in [3.63, 3.8) is 0 Å². The number of hydrogen-bond acceptors (Lipinski definition) is 3. The third-order valence-electron chi connectivity index (χ3n) is 3.77. The molecule has 19 heavy (non-hydrogen) atoms. The van der Waals surface area contributed by atoms with Crippen LogP contribution in [0.2, 0.25) is 0 Å². The van der Waals surface area contributed by atoms with Crippen LogP contribution in [0.5, 0.6) is 0 Å². The quantitative estimate of drug-likeness (QED) is 0.837. The number of aryl methyl sites for hydroxylation is 1. The average molecular weight is 283 g/mol. The van der Waals surface area contributed by atoms with E-state index < -0.39 is 10.0 Å². The van der Waals surface area contributed by atoms with Crippen molar-refractivity contribution in [3.05, 3.63) is 29.3 Å². The Labute approximate surface area is 114 Å². The molecule has 0 radical (unpaired) electrons. The van der Waals surface area contributed by atoms with E-state index in [0.29, 0.717) is 29.3 Å². The van der Waals surface area contributed by atoms with E-state index in [9.17, 15) is 8.42 Å². The van der Waals surface area contributed by atoms with Gasteiger partial charge in [-0.15, -0.1) is 0 Å². The second-order valence-corrected chi connectivity index (χ2v) is 6.84. The second kappa shape index (κ2) is 6.03. The smallest absolute Gasteiger partial charge is 0.240 e. The van der Waals surface area contributed by atoms with Crippen molar-refractivity contribution in [1.29, 1.82) is 0 Å². The summed E-state index contributed by atoms with van der Waals surface area (Å²) in [4.78, 5) is 0.306. The van der Waals surface area contributed by atoms with Crippen molar-refractivity contribution in [3.8, 4) is 0 Å². The summed E-state index contributed by atoms with van der Waals surface area (Å²) in [6, 6.07) is 5.12. The van der Waals surface area contributed by atoms with Crippen LogP contribution in [0, 0.1) is 5.92 Å². The number of rotatable bonds is 6. The van der Waals surface area contributed by atoms with E-state index in [1.165, 1.54) is 6.42 Å². The molecular formula is C14H21NO3S. The number of hydrogen-bond donors (Lipinski definition) is 2. The Balaban J connectivity index is 2.21. The molecule has 0 heterocycles. The first-order valence-electron chi connectivity index (χ1n) is 6.79. The van der Waals surface area contributed by atoms with Gasteiger partial charge in [-0.1, -0.05) is 25.5 Å². The van der Waals surface area contributed by atoms with Gasteiger partial charge in [-0.3, -0.25) is 0 Å². The Hall–Kier alpha value is -0.910. The fourth-order valence-corrected chi connectivity index (χ4v) is 3.72. The number of nitrogens with one attached hydrogen (secondary N) is 1. The molecule has 1 aliphatic carbocycles. The number of aliphatic hydroxyl groups is 1. The molecule has 1 aliphatic rings. The number of sulfonamides is 1. The van der Waals surface area contributed by atoms with Gasteiger partial charge in [-0.05, 0) is 42.4 Å². The second-order valence-electron chi connectivity index (χ2n) is 5.10. The van der Waals surface area contributed by atoms with Gasteiger partial charge in [0.25, 0.3) is 0 Å². The van der Waals surface area contributed by atoms with E-state index in [-0.39, 0.29) is 6.61 Å². The van der Waals surface area contributed by atoms with Crippen molar-refractivity contribution >= 4 is 10.0 Å². The molecule has 2 rings (SSSR count). The molecule has 1 aromatic carbocycles. The summed E-state index contributed by atoms with van der Waals surface area (Å²) < 4.78 is 27.4. The van der Waals surface area contributed by atoms with Crippen molar-refractivity contribution in [1.82, 2.24) is 4.72 Å². The van der Waals surface area contributed by atoms with Crippen LogP contribution in [0.4, 0.5) is 0 Å². The molecule has 0 aromatic heterocycles. The monoisotopic (exact) mass is 283 g/mol. The van der Waals surface area contributed by atoms with Gasteiger partial charge >= 0.3 is 0 Å². The molecule has 1 aromatic rings. The van der Waals surface area contributed by atoms with Gasteiger partial charge < -0.3 is 5.11 Å². The molecule has 0 unspecified atom stereocenters. The predicted molar refractivity (Wildman–Crippen MR) is 74.3 cm³/mol. The minimum atomic E-state index is -3.47. The van der Waals surface area contributed by atoms with Crippen molar-refractivity contribution in [2.45, 2.75) is 44.1 Å². The van der Waals surface area contributed by atoms with Gasteiger partial charge in [0.15, 0.2) is 0 Å². The fourth-order valence-electron chi connectivity index (χ4n) is 2.24. The zero-order valence-corrected chi connectivity index (χ0v) is 12.0. The molecule has 5 heteroatoms. The summed E-state index contributed by atoms with van der Waals surface area (Å²) in [7, 11) is -3.47. The topological polar surface area (TPSA) is 66.4 Å². The van der Waals surface area contributed by atoms with Crippen molar-refractivity contribution in [2.75, 3.05) is 6.54 Å². The van der Waals surface area contributed by atoms with Crippen LogP contribution in [-0.4, -0.2) is 20.1 Å². The summed E-state index contributed by atoms with van der Waals surface area (Å²) >= 11 is 0. The van der Waals surface area contributed by atoms with E-state index >= 15 is 0 Å². The van der Waals surface area contributed by atoms with Gasteiger partial charge in [0, 0.05) is 6.54 Å². The van der Waals surface area contributed by atoms with Gasteiger partial charge in [-0.2, -0.15) is 0 Å². The van der Waals surface area contributed by atoms with Gasteiger partial charge in [-0.25, -0.2) is 13.1 Å². The molecule has 0 bridgehead atoms. The van der Waals surface area contributed by atoms with Crippen LogP contribution in [-0.2, 0) is 23.1 Å². The molecule has 0 atom stereocenters. The summed E-state index contributed by atoms with van der Waals surface area (Å²) in [6.45, 7) is 2.31. The van der Waals surface area contributed by atoms with E-state index in [2.05, 4.69) is 4.72 Å². The lowest BCUT2D eigenvalue weighted by atomic mass is 9.86. The van der Waals surface area contributed by atoms with Crippen LogP contribution < -0.4 is 4.72 Å². The van der Waals surface area contributed by atoms with Gasteiger partial charge in [0.2, 0.25) is 10.0 Å². The molecule has 0 spiro atoms. The Morgan fingerprint density at radius 1 is 1.37 bits per heavy atom. The molecule has 0 saturated heterocycles. The highest BCUT2D eigenvalue weighted by atomic mass is 32.2. The predicted octanol–water partition coefficient (Wildman–Crippen LogP) is 1.82. The van der Waals surface area contributed by atoms with Crippen LogP contribution in [0.15, 0.2) is 23.1 Å². The first-order chi connectivity index (χ1) is 9.06. The zero-order chi connectivity index (χ0) is 13.9. The van der Waals surface area contributed by atoms with Crippen molar-refractivity contribution < 1.29 is 13.5 Å². The molecule has 106 valence electrons. The minimum Gasteiger partial charge on any atom is -0.392 e. The molecule has 0 amide bonds. The van der Waals surface area contributed by atoms with E-state index in [1.807, 2.05) is 6.92 Å². The highest BCUT2D eigenvalue weighted by molar-refractivity contribution is 7.89. The summed E-state index contributed by atoms with van der Waals surface area (Å²) in [6.07, 6.45) is 4.08. The Morgan fingerprint density at radius 3 is 2.63 bits per heavy atom. The maximum absolute atomic E-state index is 12.3.